The second-order valence-electron chi connectivity index (χ2n) is 3.08. The van der Waals surface area contributed by atoms with Crippen molar-refractivity contribution >= 4 is 29.0 Å². The third kappa shape index (κ3) is 3.81. The summed E-state index contributed by atoms with van der Waals surface area (Å²) in [5, 5.41) is 0.701. The maximum Gasteiger partial charge on any atom is 0.224 e. The van der Waals surface area contributed by atoms with Crippen LogP contribution < -0.4 is 4.90 Å². The van der Waals surface area contributed by atoms with Crippen molar-refractivity contribution in [1.82, 2.24) is 9.97 Å². The smallest absolute Gasteiger partial charge is 0.224 e. The minimum atomic E-state index is 0.202. The first kappa shape index (κ1) is 12.5. The topological polar surface area (TPSA) is 38.2 Å². The van der Waals surface area contributed by atoms with E-state index in [4.69, 9.17) is 27.9 Å². The van der Waals surface area contributed by atoms with E-state index >= 15 is 0 Å². The number of nitrogens with zero attached hydrogens (tertiary/aromatic N) is 3. The van der Waals surface area contributed by atoms with Gasteiger partial charge in [-0.1, -0.05) is 11.6 Å². The Morgan fingerprint density at radius 2 is 2.20 bits per heavy atom. The van der Waals surface area contributed by atoms with E-state index < -0.39 is 0 Å². The van der Waals surface area contributed by atoms with Crippen molar-refractivity contribution in [3.8, 4) is 0 Å². The lowest BCUT2D eigenvalue weighted by molar-refractivity contribution is 0.196. The van der Waals surface area contributed by atoms with Gasteiger partial charge in [-0.05, 0) is 18.0 Å². The molecule has 0 amide bonds. The highest BCUT2D eigenvalue weighted by Crippen LogP contribution is 2.22. The van der Waals surface area contributed by atoms with Gasteiger partial charge in [-0.25, -0.2) is 4.98 Å². The van der Waals surface area contributed by atoms with E-state index in [1.807, 2.05) is 11.9 Å². The number of hydrogen-bond donors (Lipinski definition) is 0. The summed E-state index contributed by atoms with van der Waals surface area (Å²) < 4.78 is 4.96. The second kappa shape index (κ2) is 6.10. The van der Waals surface area contributed by atoms with Crippen molar-refractivity contribution in [2.45, 2.75) is 6.42 Å². The molecule has 0 spiro atoms. The molecule has 0 saturated heterocycles. The van der Waals surface area contributed by atoms with Crippen molar-refractivity contribution in [3.05, 3.63) is 16.5 Å². The van der Waals surface area contributed by atoms with Gasteiger partial charge in [0.2, 0.25) is 5.28 Å². The van der Waals surface area contributed by atoms with Crippen LogP contribution in [0.2, 0.25) is 10.3 Å². The first-order valence-electron chi connectivity index (χ1n) is 4.53. The summed E-state index contributed by atoms with van der Waals surface area (Å²) in [5.74, 6) is 0.646. The molecule has 6 heteroatoms. The largest absolute Gasteiger partial charge is 0.385 e. The molecule has 0 bridgehead atoms. The van der Waals surface area contributed by atoms with E-state index in [1.54, 1.807) is 7.11 Å². The fraction of sp³-hybridized carbons (Fsp3) is 0.556. The van der Waals surface area contributed by atoms with Crippen molar-refractivity contribution < 1.29 is 4.74 Å². The minimum Gasteiger partial charge on any atom is -0.385 e. The Kier molecular flexibility index (Phi) is 5.08. The van der Waals surface area contributed by atoms with E-state index in [2.05, 4.69) is 9.97 Å². The quantitative estimate of drug-likeness (QED) is 0.593. The van der Waals surface area contributed by atoms with Gasteiger partial charge in [-0.3, -0.25) is 0 Å². The molecule has 0 aromatic carbocycles. The third-order valence-corrected chi connectivity index (χ3v) is 2.35. The Bertz CT molecular complexity index is 322. The molecule has 0 aliphatic heterocycles. The van der Waals surface area contributed by atoms with Crippen LogP contribution in [0.1, 0.15) is 6.42 Å². The number of methoxy groups -OCH3 is 1. The molecule has 84 valence electrons. The third-order valence-electron chi connectivity index (χ3n) is 1.90. The van der Waals surface area contributed by atoms with Crippen LogP contribution in [0.3, 0.4) is 0 Å². The molecule has 1 aromatic rings. The number of rotatable bonds is 5. The number of ether oxygens (including phenoxy) is 1. The van der Waals surface area contributed by atoms with E-state index in [-0.39, 0.29) is 5.28 Å². The molecule has 4 nitrogen and oxygen atoms in total. The Hall–Kier alpha value is -0.580. The summed E-state index contributed by atoms with van der Waals surface area (Å²) in [6.07, 6.45) is 2.41. The van der Waals surface area contributed by atoms with Crippen LogP contribution >= 0.6 is 23.2 Å². The Labute approximate surface area is 99.2 Å². The van der Waals surface area contributed by atoms with Crippen LogP contribution in [0.5, 0.6) is 0 Å². The van der Waals surface area contributed by atoms with Crippen LogP contribution in [0, 0.1) is 0 Å². The van der Waals surface area contributed by atoms with E-state index in [9.17, 15) is 0 Å². The normalized spacial score (nSPS) is 10.4. The number of halogens is 2. The molecule has 0 radical (unpaired) electrons. The minimum absolute atomic E-state index is 0.202. The lowest BCUT2D eigenvalue weighted by Crippen LogP contribution is -2.21. The van der Waals surface area contributed by atoms with E-state index in [1.165, 1.54) is 6.20 Å². The molecule has 0 aliphatic carbocycles. The van der Waals surface area contributed by atoms with Gasteiger partial charge in [0.25, 0.3) is 0 Å². The summed E-state index contributed by atoms with van der Waals surface area (Å²) in [7, 11) is 3.58. The summed E-state index contributed by atoms with van der Waals surface area (Å²) in [6.45, 7) is 1.52. The highest BCUT2D eigenvalue weighted by Gasteiger charge is 2.08. The second-order valence-corrected chi connectivity index (χ2v) is 3.82. The highest BCUT2D eigenvalue weighted by atomic mass is 35.5. The van der Waals surface area contributed by atoms with Crippen LogP contribution in [0.25, 0.3) is 0 Å². The van der Waals surface area contributed by atoms with Gasteiger partial charge in [0, 0.05) is 27.3 Å². The zero-order valence-electron chi connectivity index (χ0n) is 8.70. The van der Waals surface area contributed by atoms with Gasteiger partial charge in [-0.15, -0.1) is 0 Å². The van der Waals surface area contributed by atoms with Crippen molar-refractivity contribution in [1.29, 1.82) is 0 Å². The van der Waals surface area contributed by atoms with Crippen LogP contribution in [0.15, 0.2) is 6.20 Å². The summed E-state index contributed by atoms with van der Waals surface area (Å²) in [4.78, 5) is 9.77. The maximum atomic E-state index is 5.95. The molecule has 15 heavy (non-hydrogen) atoms. The molecule has 1 aromatic heterocycles. The molecular formula is C9H13Cl2N3O. The molecule has 0 N–H and O–H groups in total. The average molecular weight is 250 g/mol. The zero-order chi connectivity index (χ0) is 11.3. The lowest BCUT2D eigenvalue weighted by atomic mass is 10.4. The SMILES string of the molecule is COCCCN(C)c1nc(Cl)ncc1Cl. The predicted molar refractivity (Wildman–Crippen MR) is 61.8 cm³/mol. The Morgan fingerprint density at radius 1 is 1.47 bits per heavy atom. The molecule has 0 fully saturated rings. The number of aromatic nitrogens is 2. The van der Waals surface area contributed by atoms with Gasteiger partial charge in [0.1, 0.15) is 5.02 Å². The summed E-state index contributed by atoms with van der Waals surface area (Å²) >= 11 is 11.6. The molecule has 0 atom stereocenters. The summed E-state index contributed by atoms with van der Waals surface area (Å²) in [5.41, 5.74) is 0. The van der Waals surface area contributed by atoms with Gasteiger partial charge >= 0.3 is 0 Å². The maximum absolute atomic E-state index is 5.95. The first-order chi connectivity index (χ1) is 7.15. The van der Waals surface area contributed by atoms with Gasteiger partial charge < -0.3 is 9.64 Å². The van der Waals surface area contributed by atoms with Gasteiger partial charge in [0.05, 0.1) is 6.20 Å². The van der Waals surface area contributed by atoms with Crippen molar-refractivity contribution in [2.24, 2.45) is 0 Å². The van der Waals surface area contributed by atoms with Crippen molar-refractivity contribution in [2.75, 3.05) is 32.2 Å². The first-order valence-corrected chi connectivity index (χ1v) is 5.29. The van der Waals surface area contributed by atoms with E-state index in [0.717, 1.165) is 13.0 Å². The zero-order valence-corrected chi connectivity index (χ0v) is 10.2. The Balaban J connectivity index is 2.64. The molecule has 1 rings (SSSR count). The van der Waals surface area contributed by atoms with E-state index in [0.29, 0.717) is 17.4 Å². The molecule has 0 saturated carbocycles. The highest BCUT2D eigenvalue weighted by molar-refractivity contribution is 6.33. The fourth-order valence-electron chi connectivity index (χ4n) is 1.16. The monoisotopic (exact) mass is 249 g/mol. The fourth-order valence-corrected chi connectivity index (χ4v) is 1.52. The van der Waals surface area contributed by atoms with Crippen molar-refractivity contribution in [3.63, 3.8) is 0 Å². The summed E-state index contributed by atoms with van der Waals surface area (Å²) in [6, 6.07) is 0. The number of anilines is 1. The Morgan fingerprint density at radius 3 is 2.87 bits per heavy atom. The molecule has 0 aliphatic rings. The van der Waals surface area contributed by atoms with Crippen LogP contribution in [0.4, 0.5) is 5.82 Å². The van der Waals surface area contributed by atoms with Crippen LogP contribution in [-0.4, -0.2) is 37.3 Å². The molecule has 1 heterocycles. The lowest BCUT2D eigenvalue weighted by Gasteiger charge is -2.18. The van der Waals surface area contributed by atoms with Gasteiger partial charge in [-0.2, -0.15) is 4.98 Å². The predicted octanol–water partition coefficient (Wildman–Crippen LogP) is 2.26. The standard InChI is InChI=1S/C9H13Cl2N3O/c1-14(4-3-5-15-2)8-7(10)6-12-9(11)13-8/h6H,3-5H2,1-2H3. The number of hydrogen-bond acceptors (Lipinski definition) is 4. The van der Waals surface area contributed by atoms with Gasteiger partial charge in [0.15, 0.2) is 5.82 Å². The average Bonchev–Trinajstić information content (AvgIpc) is 2.22. The van der Waals surface area contributed by atoms with Crippen LogP contribution in [-0.2, 0) is 4.74 Å². The molecule has 0 unspecified atom stereocenters. The molecular weight excluding hydrogens is 237 g/mol.